The number of halogens is 2. The fourth-order valence-electron chi connectivity index (χ4n) is 2.11. The molecule has 0 aromatic heterocycles. The SMILES string of the molecule is Fc1ccc(C2(C=CBr)CCCC[Se]2)cc1. The third kappa shape index (κ3) is 2.58. The van der Waals surface area contributed by atoms with Crippen LogP contribution in [0.25, 0.3) is 0 Å². The first-order chi connectivity index (χ1) is 7.77. The molecule has 0 amide bonds. The van der Waals surface area contributed by atoms with Crippen LogP contribution in [-0.4, -0.2) is 15.0 Å². The topological polar surface area (TPSA) is 0 Å². The van der Waals surface area contributed by atoms with Crippen LogP contribution in [0.15, 0.2) is 35.3 Å². The summed E-state index contributed by atoms with van der Waals surface area (Å²) in [7, 11) is 0. The van der Waals surface area contributed by atoms with Gasteiger partial charge in [0.1, 0.15) is 0 Å². The van der Waals surface area contributed by atoms with Crippen LogP contribution < -0.4 is 0 Å². The van der Waals surface area contributed by atoms with Crippen molar-refractivity contribution >= 4 is 30.9 Å². The second-order valence-electron chi connectivity index (χ2n) is 3.99. The minimum atomic E-state index is -0.148. The van der Waals surface area contributed by atoms with Crippen molar-refractivity contribution in [2.45, 2.75) is 28.9 Å². The monoisotopic (exact) mass is 348 g/mol. The molecule has 0 radical (unpaired) electrons. The molecular formula is C13H14BrFSe. The Hall–Kier alpha value is -0.111. The van der Waals surface area contributed by atoms with Gasteiger partial charge in [-0.2, -0.15) is 0 Å². The maximum absolute atomic E-state index is 12.9. The maximum atomic E-state index is 12.9. The predicted molar refractivity (Wildman–Crippen MR) is 70.6 cm³/mol. The molecule has 86 valence electrons. The standard InChI is InChI=1S/C13H14BrFSe/c14-9-8-13(7-1-2-10-16-13)11-3-5-12(15)6-4-11/h3-6,8-9H,1-2,7,10H2. The fourth-order valence-corrected chi connectivity index (χ4v) is 6.03. The summed E-state index contributed by atoms with van der Waals surface area (Å²) in [5, 5.41) is 1.32. The van der Waals surface area contributed by atoms with Crippen molar-refractivity contribution < 1.29 is 4.39 Å². The minimum absolute atomic E-state index is 0.148. The Morgan fingerprint density at radius 1 is 1.25 bits per heavy atom. The number of allylic oxidation sites excluding steroid dienone is 1. The first kappa shape index (κ1) is 12.3. The van der Waals surface area contributed by atoms with Crippen molar-refractivity contribution in [2.24, 2.45) is 0 Å². The molecule has 1 heterocycles. The molecule has 1 aromatic carbocycles. The van der Waals surface area contributed by atoms with E-state index in [-0.39, 0.29) is 10.1 Å². The van der Waals surface area contributed by atoms with Crippen LogP contribution >= 0.6 is 15.9 Å². The summed E-state index contributed by atoms with van der Waals surface area (Å²) in [6, 6.07) is 7.03. The first-order valence-electron chi connectivity index (χ1n) is 5.45. The molecule has 1 fully saturated rings. The van der Waals surface area contributed by atoms with Gasteiger partial charge in [0.15, 0.2) is 0 Å². The molecule has 1 aliphatic heterocycles. The van der Waals surface area contributed by atoms with E-state index in [2.05, 4.69) is 22.0 Å². The first-order valence-corrected chi connectivity index (χ1v) is 8.43. The van der Waals surface area contributed by atoms with Crippen LogP contribution in [0.3, 0.4) is 0 Å². The van der Waals surface area contributed by atoms with Crippen molar-refractivity contribution in [3.63, 3.8) is 0 Å². The van der Waals surface area contributed by atoms with E-state index in [9.17, 15) is 4.39 Å². The number of hydrogen-bond donors (Lipinski definition) is 0. The average Bonchev–Trinajstić information content (AvgIpc) is 2.31. The van der Waals surface area contributed by atoms with Gasteiger partial charge in [0.05, 0.1) is 0 Å². The van der Waals surface area contributed by atoms with E-state index < -0.39 is 0 Å². The molecule has 0 bridgehead atoms. The van der Waals surface area contributed by atoms with Gasteiger partial charge in [-0.3, -0.25) is 0 Å². The number of rotatable bonds is 2. The van der Waals surface area contributed by atoms with E-state index >= 15 is 0 Å². The van der Waals surface area contributed by atoms with Crippen LogP contribution in [0.2, 0.25) is 5.32 Å². The van der Waals surface area contributed by atoms with E-state index in [0.717, 1.165) is 0 Å². The normalized spacial score (nSPS) is 26.1. The molecule has 0 saturated carbocycles. The number of hydrogen-bond acceptors (Lipinski definition) is 0. The summed E-state index contributed by atoms with van der Waals surface area (Å²) in [6.45, 7) is 0. The molecule has 0 aliphatic carbocycles. The summed E-state index contributed by atoms with van der Waals surface area (Å²) in [5.74, 6) is -0.148. The van der Waals surface area contributed by atoms with Crippen LogP contribution in [0.4, 0.5) is 4.39 Å². The van der Waals surface area contributed by atoms with Crippen molar-refractivity contribution in [3.05, 3.63) is 46.7 Å². The molecule has 1 unspecified atom stereocenters. The third-order valence-corrected chi connectivity index (χ3v) is 6.55. The Balaban J connectivity index is 2.34. The Kier molecular flexibility index (Phi) is 4.23. The summed E-state index contributed by atoms with van der Waals surface area (Å²) < 4.78 is 13.1. The summed E-state index contributed by atoms with van der Waals surface area (Å²) in [5.41, 5.74) is 1.27. The summed E-state index contributed by atoms with van der Waals surface area (Å²) >= 11 is 3.96. The van der Waals surface area contributed by atoms with Gasteiger partial charge >= 0.3 is 111 Å². The van der Waals surface area contributed by atoms with Crippen molar-refractivity contribution in [3.8, 4) is 0 Å². The van der Waals surface area contributed by atoms with Gasteiger partial charge in [0, 0.05) is 0 Å². The number of benzene rings is 1. The quantitative estimate of drug-likeness (QED) is 0.702. The molecule has 1 atom stereocenters. The van der Waals surface area contributed by atoms with Crippen molar-refractivity contribution in [1.29, 1.82) is 0 Å². The molecule has 0 spiro atoms. The Morgan fingerprint density at radius 2 is 2.00 bits per heavy atom. The van der Waals surface area contributed by atoms with Crippen LogP contribution in [0, 0.1) is 5.82 Å². The van der Waals surface area contributed by atoms with E-state index in [1.54, 1.807) is 12.1 Å². The van der Waals surface area contributed by atoms with E-state index in [4.69, 9.17) is 0 Å². The Bertz CT molecular complexity index is 366. The molecule has 1 saturated heterocycles. The predicted octanol–water partition coefficient (Wildman–Crippen LogP) is 4.24. The molecule has 1 aromatic rings. The Labute approximate surface area is 111 Å². The van der Waals surface area contributed by atoms with Crippen molar-refractivity contribution in [2.75, 3.05) is 0 Å². The zero-order chi connectivity index (χ0) is 11.4. The van der Waals surface area contributed by atoms with Crippen molar-refractivity contribution in [1.82, 2.24) is 0 Å². The van der Waals surface area contributed by atoms with Gasteiger partial charge in [-0.15, -0.1) is 0 Å². The molecular weight excluding hydrogens is 334 g/mol. The van der Waals surface area contributed by atoms with Gasteiger partial charge in [-0.05, 0) is 0 Å². The van der Waals surface area contributed by atoms with Gasteiger partial charge in [-0.25, -0.2) is 0 Å². The molecule has 0 nitrogen and oxygen atoms in total. The van der Waals surface area contributed by atoms with Gasteiger partial charge < -0.3 is 0 Å². The summed E-state index contributed by atoms with van der Waals surface area (Å²) in [6.07, 6.45) is 6.07. The zero-order valence-electron chi connectivity index (χ0n) is 8.96. The van der Waals surface area contributed by atoms with Gasteiger partial charge in [0.25, 0.3) is 0 Å². The second-order valence-corrected chi connectivity index (χ2v) is 7.51. The zero-order valence-corrected chi connectivity index (χ0v) is 12.3. The van der Waals surface area contributed by atoms with Crippen LogP contribution in [0.1, 0.15) is 24.8 Å². The molecule has 2 rings (SSSR count). The molecule has 1 aliphatic rings. The Morgan fingerprint density at radius 3 is 2.56 bits per heavy atom. The second kappa shape index (κ2) is 5.48. The average molecular weight is 348 g/mol. The summed E-state index contributed by atoms with van der Waals surface area (Å²) in [4.78, 5) is 1.96. The van der Waals surface area contributed by atoms with E-state index in [0.29, 0.717) is 15.0 Å². The van der Waals surface area contributed by atoms with Gasteiger partial charge in [-0.1, -0.05) is 0 Å². The van der Waals surface area contributed by atoms with E-state index in [1.807, 2.05) is 17.1 Å². The molecule has 16 heavy (non-hydrogen) atoms. The molecule has 0 N–H and O–H groups in total. The van der Waals surface area contributed by atoms with Gasteiger partial charge in [0.2, 0.25) is 0 Å². The van der Waals surface area contributed by atoms with E-state index in [1.165, 1.54) is 30.1 Å². The fraction of sp³-hybridized carbons (Fsp3) is 0.385. The molecule has 3 heteroatoms. The third-order valence-electron chi connectivity index (χ3n) is 2.97. The van der Waals surface area contributed by atoms with Crippen LogP contribution in [-0.2, 0) is 4.31 Å². The van der Waals surface area contributed by atoms with Crippen LogP contribution in [0.5, 0.6) is 0 Å².